The molecule has 0 spiro atoms. The van der Waals surface area contributed by atoms with Crippen molar-refractivity contribution in [2.75, 3.05) is 13.2 Å². The van der Waals surface area contributed by atoms with Gasteiger partial charge >= 0.3 is 0 Å². The monoisotopic (exact) mass is 430 g/mol. The number of ether oxygens (including phenoxy) is 3. The van der Waals surface area contributed by atoms with Crippen molar-refractivity contribution in [3.05, 3.63) is 84.9 Å². The molecule has 0 bridgehead atoms. The summed E-state index contributed by atoms with van der Waals surface area (Å²) in [5, 5.41) is 9.11. The van der Waals surface area contributed by atoms with E-state index in [0.717, 1.165) is 53.6 Å². The van der Waals surface area contributed by atoms with Gasteiger partial charge in [-0.15, -0.1) is 0 Å². The molecule has 0 saturated heterocycles. The Balaban J connectivity index is 0.000000174. The first kappa shape index (κ1) is 21.8. The molecular formula is C28H30O4. The maximum atomic E-state index is 9.11. The van der Waals surface area contributed by atoms with E-state index in [-0.39, 0.29) is 5.75 Å². The zero-order valence-corrected chi connectivity index (χ0v) is 18.3. The predicted octanol–water partition coefficient (Wildman–Crippen LogP) is 7.09. The molecule has 2 saturated carbocycles. The van der Waals surface area contributed by atoms with E-state index in [9.17, 15) is 0 Å². The molecule has 0 aromatic heterocycles. The first-order valence-electron chi connectivity index (χ1n) is 11.2. The molecule has 1 N–H and O–H groups in total. The van der Waals surface area contributed by atoms with E-state index in [2.05, 4.69) is 6.58 Å². The van der Waals surface area contributed by atoms with E-state index in [4.69, 9.17) is 19.3 Å². The van der Waals surface area contributed by atoms with Crippen LogP contribution in [0.5, 0.6) is 28.7 Å². The Morgan fingerprint density at radius 1 is 0.719 bits per heavy atom. The number of hydrogen-bond acceptors (Lipinski definition) is 4. The van der Waals surface area contributed by atoms with Gasteiger partial charge in [-0.2, -0.15) is 0 Å². The third-order valence-electron chi connectivity index (χ3n) is 5.34. The largest absolute Gasteiger partial charge is 0.508 e. The molecule has 0 radical (unpaired) electrons. The van der Waals surface area contributed by atoms with Crippen LogP contribution in [-0.4, -0.2) is 18.3 Å². The van der Waals surface area contributed by atoms with Crippen LogP contribution in [0.25, 0.3) is 6.08 Å². The van der Waals surface area contributed by atoms with Crippen LogP contribution in [0.1, 0.15) is 31.2 Å². The highest BCUT2D eigenvalue weighted by Crippen LogP contribution is 2.31. The summed E-state index contributed by atoms with van der Waals surface area (Å²) in [6.07, 6.45) is 6.99. The van der Waals surface area contributed by atoms with Crippen LogP contribution in [0.15, 0.2) is 79.4 Å². The normalized spacial score (nSPS) is 14.6. The SMILES string of the molecule is C=Cc1ccc(Oc2cccc(OCC3CC3)c2)cc1.Oc1cccc(OCC2CC2)c1. The maximum Gasteiger partial charge on any atom is 0.131 e. The lowest BCUT2D eigenvalue weighted by Gasteiger charge is -2.09. The molecule has 0 atom stereocenters. The van der Waals surface area contributed by atoms with Crippen molar-refractivity contribution < 1.29 is 19.3 Å². The molecule has 0 heterocycles. The van der Waals surface area contributed by atoms with E-state index in [1.165, 1.54) is 25.7 Å². The molecule has 2 fully saturated rings. The number of benzene rings is 3. The van der Waals surface area contributed by atoms with Gasteiger partial charge in [0.05, 0.1) is 13.2 Å². The Bertz CT molecular complexity index is 1000. The topological polar surface area (TPSA) is 47.9 Å². The zero-order valence-electron chi connectivity index (χ0n) is 18.3. The van der Waals surface area contributed by atoms with E-state index in [1.807, 2.05) is 60.7 Å². The van der Waals surface area contributed by atoms with Crippen LogP contribution >= 0.6 is 0 Å². The zero-order chi connectivity index (χ0) is 22.2. The van der Waals surface area contributed by atoms with Gasteiger partial charge in [0.2, 0.25) is 0 Å². The molecule has 32 heavy (non-hydrogen) atoms. The fourth-order valence-electron chi connectivity index (χ4n) is 3.01. The maximum absolute atomic E-state index is 9.11. The minimum atomic E-state index is 0.267. The molecule has 5 rings (SSSR count). The van der Waals surface area contributed by atoms with Crippen LogP contribution < -0.4 is 14.2 Å². The Morgan fingerprint density at radius 2 is 1.28 bits per heavy atom. The lowest BCUT2D eigenvalue weighted by atomic mass is 10.2. The molecule has 0 aliphatic heterocycles. The molecule has 2 aliphatic carbocycles. The van der Waals surface area contributed by atoms with Crippen LogP contribution in [0.2, 0.25) is 0 Å². The minimum Gasteiger partial charge on any atom is -0.508 e. The van der Waals surface area contributed by atoms with E-state index in [1.54, 1.807) is 18.2 Å². The van der Waals surface area contributed by atoms with Gasteiger partial charge in [-0.3, -0.25) is 0 Å². The number of phenolic OH excluding ortho intramolecular Hbond substituents is 1. The molecule has 3 aromatic carbocycles. The number of aromatic hydroxyl groups is 1. The highest BCUT2D eigenvalue weighted by molar-refractivity contribution is 5.49. The fourth-order valence-corrected chi connectivity index (χ4v) is 3.01. The molecule has 0 unspecified atom stereocenters. The van der Waals surface area contributed by atoms with Gasteiger partial charge < -0.3 is 19.3 Å². The predicted molar refractivity (Wildman–Crippen MR) is 128 cm³/mol. The van der Waals surface area contributed by atoms with Gasteiger partial charge in [-0.25, -0.2) is 0 Å². The van der Waals surface area contributed by atoms with Crippen LogP contribution in [-0.2, 0) is 0 Å². The first-order chi connectivity index (χ1) is 15.7. The average Bonchev–Trinajstić information content (AvgIpc) is 3.73. The molecule has 0 amide bonds. The highest BCUT2D eigenvalue weighted by Gasteiger charge is 2.22. The second kappa shape index (κ2) is 10.8. The second-order valence-corrected chi connectivity index (χ2v) is 8.36. The van der Waals surface area contributed by atoms with Gasteiger partial charge in [0.25, 0.3) is 0 Å². The molecule has 4 heteroatoms. The van der Waals surface area contributed by atoms with Crippen molar-refractivity contribution in [1.82, 2.24) is 0 Å². The standard InChI is InChI=1S/C18H18O2.C10H12O2/c1-2-14-8-10-16(11-9-14)20-18-5-3-4-17(12-18)19-13-15-6-7-15;11-9-2-1-3-10(6-9)12-7-8-4-5-8/h2-5,8-12,15H,1,6-7,13H2;1-3,6,8,11H,4-5,7H2. The Kier molecular flexibility index (Phi) is 7.34. The average molecular weight is 431 g/mol. The van der Waals surface area contributed by atoms with Crippen molar-refractivity contribution in [1.29, 1.82) is 0 Å². The summed E-state index contributed by atoms with van der Waals surface area (Å²) in [4.78, 5) is 0. The summed E-state index contributed by atoms with van der Waals surface area (Å²) in [5.74, 6) is 5.03. The second-order valence-electron chi connectivity index (χ2n) is 8.36. The number of rotatable bonds is 9. The van der Waals surface area contributed by atoms with Crippen LogP contribution in [0.4, 0.5) is 0 Å². The lowest BCUT2D eigenvalue weighted by Crippen LogP contribution is -1.98. The molecule has 4 nitrogen and oxygen atoms in total. The third-order valence-corrected chi connectivity index (χ3v) is 5.34. The van der Waals surface area contributed by atoms with E-state index < -0.39 is 0 Å². The Morgan fingerprint density at radius 3 is 1.84 bits per heavy atom. The summed E-state index contributed by atoms with van der Waals surface area (Å²) >= 11 is 0. The number of hydrogen-bond donors (Lipinski definition) is 1. The van der Waals surface area contributed by atoms with E-state index in [0.29, 0.717) is 0 Å². The quantitative estimate of drug-likeness (QED) is 0.394. The fraction of sp³-hybridized carbons (Fsp3) is 0.286. The van der Waals surface area contributed by atoms with Gasteiger partial charge in [0.15, 0.2) is 0 Å². The van der Waals surface area contributed by atoms with Gasteiger partial charge in [0, 0.05) is 12.1 Å². The summed E-state index contributed by atoms with van der Waals surface area (Å²) in [5.41, 5.74) is 1.08. The van der Waals surface area contributed by atoms with Gasteiger partial charge in [0.1, 0.15) is 28.7 Å². The Labute approximate surface area is 190 Å². The van der Waals surface area contributed by atoms with Crippen molar-refractivity contribution in [3.63, 3.8) is 0 Å². The molecular weight excluding hydrogens is 400 g/mol. The van der Waals surface area contributed by atoms with Crippen molar-refractivity contribution >= 4 is 6.08 Å². The Hall–Kier alpha value is -3.40. The van der Waals surface area contributed by atoms with Crippen LogP contribution in [0, 0.1) is 11.8 Å². The summed E-state index contributed by atoms with van der Waals surface area (Å²) in [6, 6.07) is 22.6. The minimum absolute atomic E-state index is 0.267. The van der Waals surface area contributed by atoms with Crippen molar-refractivity contribution in [2.24, 2.45) is 11.8 Å². The molecule has 166 valence electrons. The van der Waals surface area contributed by atoms with Crippen molar-refractivity contribution in [3.8, 4) is 28.7 Å². The van der Waals surface area contributed by atoms with Crippen molar-refractivity contribution in [2.45, 2.75) is 25.7 Å². The van der Waals surface area contributed by atoms with E-state index >= 15 is 0 Å². The van der Waals surface area contributed by atoms with Crippen LogP contribution in [0.3, 0.4) is 0 Å². The summed E-state index contributed by atoms with van der Waals surface area (Å²) in [7, 11) is 0. The first-order valence-corrected chi connectivity index (χ1v) is 11.2. The number of phenols is 1. The molecule has 2 aliphatic rings. The smallest absolute Gasteiger partial charge is 0.131 e. The summed E-state index contributed by atoms with van der Waals surface area (Å²) < 4.78 is 17.0. The van der Waals surface area contributed by atoms with Gasteiger partial charge in [-0.05, 0) is 79.5 Å². The van der Waals surface area contributed by atoms with Gasteiger partial charge in [-0.1, -0.05) is 36.9 Å². The lowest BCUT2D eigenvalue weighted by molar-refractivity contribution is 0.298. The summed E-state index contributed by atoms with van der Waals surface area (Å²) in [6.45, 7) is 5.35. The highest BCUT2D eigenvalue weighted by atomic mass is 16.5. The molecule has 3 aromatic rings. The third kappa shape index (κ3) is 7.38.